The first-order valence-corrected chi connectivity index (χ1v) is 3.82. The second-order valence-corrected chi connectivity index (χ2v) is 1.66. The van der Waals surface area contributed by atoms with Gasteiger partial charge in [0.25, 0.3) is 0 Å². The van der Waals surface area contributed by atoms with Gasteiger partial charge in [-0.25, -0.2) is 0 Å². The van der Waals surface area contributed by atoms with Crippen LogP contribution in [0.25, 0.3) is 0 Å². The van der Waals surface area contributed by atoms with Crippen molar-refractivity contribution in [2.75, 3.05) is 6.54 Å². The lowest BCUT2D eigenvalue weighted by Gasteiger charge is -1.89. The lowest BCUT2D eigenvalue weighted by molar-refractivity contribution is 0.806. The molecular weight excluding hydrogens is 126 g/mol. The van der Waals surface area contributed by atoms with Crippen LogP contribution in [0.3, 0.4) is 0 Å². The van der Waals surface area contributed by atoms with Crippen molar-refractivity contribution in [3.63, 3.8) is 0 Å². The summed E-state index contributed by atoms with van der Waals surface area (Å²) < 4.78 is 0. The molecule has 4 N–H and O–H groups in total. The molecule has 0 aliphatic heterocycles. The number of guanidine groups is 1. The zero-order valence-electron chi connectivity index (χ0n) is 7.22. The highest BCUT2D eigenvalue weighted by Gasteiger charge is 1.79. The van der Waals surface area contributed by atoms with Crippen molar-refractivity contribution in [3.05, 3.63) is 0 Å². The van der Waals surface area contributed by atoms with Crippen LogP contribution in [0.5, 0.6) is 0 Å². The number of aliphatic imine (C=N–C) groups is 1. The molecule has 3 nitrogen and oxygen atoms in total. The quantitative estimate of drug-likeness (QED) is 0.354. The van der Waals surface area contributed by atoms with Crippen LogP contribution in [-0.2, 0) is 0 Å². The van der Waals surface area contributed by atoms with Gasteiger partial charge >= 0.3 is 0 Å². The Balaban J connectivity index is 0. The standard InChI is InChI=1S/C5H13N3.C2H6/c1-2-3-4-8-5(6)7;1-2/h2-4H2,1H3,(H4,6,7,8);1-2H3. The Morgan fingerprint density at radius 3 is 2.10 bits per heavy atom. The minimum absolute atomic E-state index is 0.193. The molecule has 0 aromatic carbocycles. The van der Waals surface area contributed by atoms with Crippen LogP contribution in [0.15, 0.2) is 4.99 Å². The fourth-order valence-corrected chi connectivity index (χ4v) is 0.366. The third kappa shape index (κ3) is 15.7. The second-order valence-electron chi connectivity index (χ2n) is 1.66. The van der Waals surface area contributed by atoms with Crippen LogP contribution in [0.1, 0.15) is 33.6 Å². The number of unbranched alkanes of at least 4 members (excludes halogenated alkanes) is 1. The molecule has 3 heteroatoms. The van der Waals surface area contributed by atoms with Gasteiger partial charge in [-0.2, -0.15) is 0 Å². The van der Waals surface area contributed by atoms with E-state index in [1.54, 1.807) is 0 Å². The van der Waals surface area contributed by atoms with E-state index in [1.807, 2.05) is 13.8 Å². The van der Waals surface area contributed by atoms with Gasteiger partial charge < -0.3 is 11.5 Å². The van der Waals surface area contributed by atoms with Gasteiger partial charge in [0.2, 0.25) is 0 Å². The predicted molar refractivity (Wildman–Crippen MR) is 46.9 cm³/mol. The first-order chi connectivity index (χ1) is 4.77. The van der Waals surface area contributed by atoms with E-state index in [-0.39, 0.29) is 5.96 Å². The van der Waals surface area contributed by atoms with Crippen LogP contribution >= 0.6 is 0 Å². The first kappa shape index (κ1) is 12.0. The molecule has 62 valence electrons. The fraction of sp³-hybridized carbons (Fsp3) is 0.857. The Morgan fingerprint density at radius 2 is 1.80 bits per heavy atom. The van der Waals surface area contributed by atoms with Crippen molar-refractivity contribution in [2.24, 2.45) is 16.5 Å². The topological polar surface area (TPSA) is 64.4 Å². The molecular formula is C7H19N3. The molecule has 0 fully saturated rings. The molecule has 0 spiro atoms. The second kappa shape index (κ2) is 11.1. The summed E-state index contributed by atoms with van der Waals surface area (Å²) in [7, 11) is 0. The molecule has 10 heavy (non-hydrogen) atoms. The number of rotatable bonds is 3. The Hall–Kier alpha value is -0.730. The third-order valence-electron chi connectivity index (χ3n) is 0.806. The van der Waals surface area contributed by atoms with Gasteiger partial charge in [0.15, 0.2) is 5.96 Å². The van der Waals surface area contributed by atoms with Crippen LogP contribution in [0.4, 0.5) is 0 Å². The molecule has 0 amide bonds. The Bertz CT molecular complexity index is 74.9. The van der Waals surface area contributed by atoms with Gasteiger partial charge in [-0.1, -0.05) is 27.2 Å². The van der Waals surface area contributed by atoms with Gasteiger partial charge in [0.05, 0.1) is 0 Å². The lowest BCUT2D eigenvalue weighted by atomic mass is 10.3. The van der Waals surface area contributed by atoms with E-state index in [0.29, 0.717) is 0 Å². The van der Waals surface area contributed by atoms with Crippen molar-refractivity contribution in [3.8, 4) is 0 Å². The van der Waals surface area contributed by atoms with Crippen LogP contribution in [0, 0.1) is 0 Å². The lowest BCUT2D eigenvalue weighted by Crippen LogP contribution is -2.22. The van der Waals surface area contributed by atoms with Crippen molar-refractivity contribution in [1.29, 1.82) is 0 Å². The predicted octanol–water partition coefficient (Wildman–Crippen LogP) is 1.09. The summed E-state index contributed by atoms with van der Waals surface area (Å²) in [5.41, 5.74) is 10.1. The Labute approximate surface area is 63.5 Å². The van der Waals surface area contributed by atoms with Gasteiger partial charge in [-0.3, -0.25) is 4.99 Å². The van der Waals surface area contributed by atoms with E-state index in [4.69, 9.17) is 11.5 Å². The average molecular weight is 145 g/mol. The van der Waals surface area contributed by atoms with Crippen molar-refractivity contribution in [1.82, 2.24) is 0 Å². The molecule has 0 atom stereocenters. The van der Waals surface area contributed by atoms with Gasteiger partial charge in [-0.05, 0) is 6.42 Å². The molecule has 0 aromatic rings. The minimum atomic E-state index is 0.193. The summed E-state index contributed by atoms with van der Waals surface area (Å²) in [6.45, 7) is 6.86. The molecule has 0 saturated heterocycles. The zero-order chi connectivity index (χ0) is 8.41. The number of hydrogen-bond acceptors (Lipinski definition) is 1. The molecule has 0 rings (SSSR count). The summed E-state index contributed by atoms with van der Waals surface area (Å²) in [6, 6.07) is 0. The maximum atomic E-state index is 5.06. The fourth-order valence-electron chi connectivity index (χ4n) is 0.366. The normalized spacial score (nSPS) is 7.50. The monoisotopic (exact) mass is 145 g/mol. The van der Waals surface area contributed by atoms with Gasteiger partial charge in [0.1, 0.15) is 0 Å². The smallest absolute Gasteiger partial charge is 0.185 e. The SMILES string of the molecule is CC.CCCCN=C(N)N. The summed E-state index contributed by atoms with van der Waals surface area (Å²) >= 11 is 0. The van der Waals surface area contributed by atoms with Crippen LogP contribution < -0.4 is 11.5 Å². The molecule has 0 bridgehead atoms. The van der Waals surface area contributed by atoms with E-state index < -0.39 is 0 Å². The van der Waals surface area contributed by atoms with Gasteiger partial charge in [0, 0.05) is 6.54 Å². The summed E-state index contributed by atoms with van der Waals surface area (Å²) in [6.07, 6.45) is 2.20. The highest BCUT2D eigenvalue weighted by Crippen LogP contribution is 1.84. The maximum Gasteiger partial charge on any atom is 0.185 e. The van der Waals surface area contributed by atoms with E-state index in [9.17, 15) is 0 Å². The third-order valence-corrected chi connectivity index (χ3v) is 0.806. The summed E-state index contributed by atoms with van der Waals surface area (Å²) in [5.74, 6) is 0.193. The van der Waals surface area contributed by atoms with Crippen molar-refractivity contribution in [2.45, 2.75) is 33.6 Å². The minimum Gasteiger partial charge on any atom is -0.370 e. The molecule has 0 heterocycles. The molecule has 0 aliphatic rings. The number of nitrogens with two attached hydrogens (primary N) is 2. The average Bonchev–Trinajstić information content (AvgIpc) is 1.92. The molecule has 0 aliphatic carbocycles. The molecule has 0 aromatic heterocycles. The Kier molecular flexibility index (Phi) is 13.3. The number of hydrogen-bond donors (Lipinski definition) is 2. The van der Waals surface area contributed by atoms with E-state index >= 15 is 0 Å². The summed E-state index contributed by atoms with van der Waals surface area (Å²) in [4.78, 5) is 3.79. The van der Waals surface area contributed by atoms with Gasteiger partial charge in [-0.15, -0.1) is 0 Å². The van der Waals surface area contributed by atoms with Crippen LogP contribution in [-0.4, -0.2) is 12.5 Å². The molecule has 0 saturated carbocycles. The van der Waals surface area contributed by atoms with Crippen LogP contribution in [0.2, 0.25) is 0 Å². The molecule has 0 unspecified atom stereocenters. The van der Waals surface area contributed by atoms with E-state index in [2.05, 4.69) is 11.9 Å². The highest BCUT2D eigenvalue weighted by atomic mass is 15.0. The highest BCUT2D eigenvalue weighted by molar-refractivity contribution is 5.75. The Morgan fingerprint density at radius 1 is 1.30 bits per heavy atom. The van der Waals surface area contributed by atoms with Crippen molar-refractivity contribution < 1.29 is 0 Å². The maximum absolute atomic E-state index is 5.06. The number of nitrogens with zero attached hydrogens (tertiary/aromatic N) is 1. The zero-order valence-corrected chi connectivity index (χ0v) is 7.22. The van der Waals surface area contributed by atoms with E-state index in [1.165, 1.54) is 0 Å². The first-order valence-electron chi connectivity index (χ1n) is 3.82. The largest absolute Gasteiger partial charge is 0.370 e. The molecule has 0 radical (unpaired) electrons. The van der Waals surface area contributed by atoms with Crippen molar-refractivity contribution >= 4 is 5.96 Å². The van der Waals surface area contributed by atoms with E-state index in [0.717, 1.165) is 19.4 Å². The summed E-state index contributed by atoms with van der Waals surface area (Å²) in [5, 5.41) is 0.